The molecule has 0 fully saturated rings. The first-order valence-corrected chi connectivity index (χ1v) is 8.75. The third-order valence-electron chi connectivity index (χ3n) is 2.22. The molecule has 0 bridgehead atoms. The van der Waals surface area contributed by atoms with Gasteiger partial charge in [0, 0.05) is 17.9 Å². The SMILES string of the molecule is CSCCNS(=O)(=O)Cc1ccc(C(N)=S)cc1. The smallest absolute Gasteiger partial charge is 0.215 e. The lowest BCUT2D eigenvalue weighted by atomic mass is 10.1. The average molecular weight is 304 g/mol. The van der Waals surface area contributed by atoms with E-state index in [4.69, 9.17) is 18.0 Å². The highest BCUT2D eigenvalue weighted by molar-refractivity contribution is 7.98. The van der Waals surface area contributed by atoms with Gasteiger partial charge in [-0.1, -0.05) is 36.5 Å². The number of thioether (sulfide) groups is 1. The summed E-state index contributed by atoms with van der Waals surface area (Å²) < 4.78 is 26.0. The van der Waals surface area contributed by atoms with Crippen LogP contribution in [0.25, 0.3) is 0 Å². The Labute approximate surface area is 117 Å². The van der Waals surface area contributed by atoms with E-state index in [1.54, 1.807) is 36.0 Å². The summed E-state index contributed by atoms with van der Waals surface area (Å²) in [6, 6.07) is 6.91. The first-order valence-electron chi connectivity index (χ1n) is 5.29. The minimum absolute atomic E-state index is 0.0288. The molecule has 0 spiro atoms. The second kappa shape index (κ2) is 7.08. The second-order valence-electron chi connectivity index (χ2n) is 3.71. The summed E-state index contributed by atoms with van der Waals surface area (Å²) in [5.41, 5.74) is 6.92. The standard InChI is InChI=1S/C11H16N2O2S3/c1-17-7-6-13-18(14,15)8-9-2-4-10(5-3-9)11(12)16/h2-5,13H,6-8H2,1H3,(H2,12,16). The number of thiocarbonyl (C=S) groups is 1. The molecule has 7 heteroatoms. The van der Waals surface area contributed by atoms with Crippen LogP contribution in [-0.4, -0.2) is 32.0 Å². The first kappa shape index (κ1) is 15.4. The van der Waals surface area contributed by atoms with Gasteiger partial charge in [0.15, 0.2) is 0 Å². The molecular weight excluding hydrogens is 288 g/mol. The zero-order valence-corrected chi connectivity index (χ0v) is 12.5. The van der Waals surface area contributed by atoms with Gasteiger partial charge in [0.05, 0.1) is 5.75 Å². The summed E-state index contributed by atoms with van der Waals surface area (Å²) in [5.74, 6) is 0.735. The Morgan fingerprint density at radius 2 is 2.00 bits per heavy atom. The normalized spacial score (nSPS) is 11.4. The minimum Gasteiger partial charge on any atom is -0.389 e. The first-order chi connectivity index (χ1) is 8.44. The largest absolute Gasteiger partial charge is 0.389 e. The van der Waals surface area contributed by atoms with Crippen LogP contribution in [0.5, 0.6) is 0 Å². The van der Waals surface area contributed by atoms with Crippen LogP contribution in [0.1, 0.15) is 11.1 Å². The van der Waals surface area contributed by atoms with Gasteiger partial charge in [-0.15, -0.1) is 0 Å². The van der Waals surface area contributed by atoms with Crippen molar-refractivity contribution in [2.75, 3.05) is 18.6 Å². The Balaban J connectivity index is 2.63. The highest BCUT2D eigenvalue weighted by Crippen LogP contribution is 2.08. The fourth-order valence-electron chi connectivity index (χ4n) is 1.33. The van der Waals surface area contributed by atoms with E-state index in [1.165, 1.54) is 0 Å². The van der Waals surface area contributed by atoms with Gasteiger partial charge >= 0.3 is 0 Å². The third-order valence-corrected chi connectivity index (χ3v) is 4.43. The van der Waals surface area contributed by atoms with Crippen LogP contribution in [0.15, 0.2) is 24.3 Å². The monoisotopic (exact) mass is 304 g/mol. The van der Waals surface area contributed by atoms with Gasteiger partial charge in [-0.3, -0.25) is 0 Å². The highest BCUT2D eigenvalue weighted by atomic mass is 32.2. The number of hydrogen-bond donors (Lipinski definition) is 2. The number of nitrogens with two attached hydrogens (primary N) is 1. The predicted octanol–water partition coefficient (Wildman–Crippen LogP) is 1.10. The zero-order chi connectivity index (χ0) is 13.6. The molecule has 0 amide bonds. The molecule has 0 unspecified atom stereocenters. The van der Waals surface area contributed by atoms with Crippen LogP contribution < -0.4 is 10.5 Å². The molecule has 0 aliphatic heterocycles. The van der Waals surface area contributed by atoms with E-state index in [0.717, 1.165) is 11.3 Å². The summed E-state index contributed by atoms with van der Waals surface area (Å²) in [6.07, 6.45) is 1.93. The molecule has 0 radical (unpaired) electrons. The van der Waals surface area contributed by atoms with Gasteiger partial charge < -0.3 is 5.73 Å². The summed E-state index contributed by atoms with van der Waals surface area (Å²) in [7, 11) is -3.27. The van der Waals surface area contributed by atoms with Gasteiger partial charge in [0.1, 0.15) is 4.99 Å². The summed E-state index contributed by atoms with van der Waals surface area (Å²) >= 11 is 6.43. The van der Waals surface area contributed by atoms with Crippen LogP contribution in [0.4, 0.5) is 0 Å². The maximum Gasteiger partial charge on any atom is 0.215 e. The Morgan fingerprint density at radius 3 is 2.50 bits per heavy atom. The van der Waals surface area contributed by atoms with Gasteiger partial charge in [-0.05, 0) is 11.8 Å². The van der Waals surface area contributed by atoms with E-state index >= 15 is 0 Å². The fraction of sp³-hybridized carbons (Fsp3) is 0.364. The van der Waals surface area contributed by atoms with Crippen LogP contribution in [-0.2, 0) is 15.8 Å². The highest BCUT2D eigenvalue weighted by Gasteiger charge is 2.10. The molecule has 0 heterocycles. The molecule has 3 N–H and O–H groups in total. The van der Waals surface area contributed by atoms with Crippen molar-refractivity contribution in [3.05, 3.63) is 35.4 Å². The molecule has 100 valence electrons. The number of rotatable bonds is 7. The zero-order valence-electron chi connectivity index (χ0n) is 10.0. The van der Waals surface area contributed by atoms with E-state index in [2.05, 4.69) is 4.72 Å². The lowest BCUT2D eigenvalue weighted by molar-refractivity contribution is 0.583. The van der Waals surface area contributed by atoms with Crippen LogP contribution in [0, 0.1) is 0 Å². The number of hydrogen-bond acceptors (Lipinski definition) is 4. The molecule has 1 aromatic carbocycles. The lowest BCUT2D eigenvalue weighted by Crippen LogP contribution is -2.27. The topological polar surface area (TPSA) is 72.2 Å². The van der Waals surface area contributed by atoms with Crippen molar-refractivity contribution < 1.29 is 8.42 Å². The molecule has 1 rings (SSSR count). The van der Waals surface area contributed by atoms with Crippen LogP contribution >= 0.6 is 24.0 Å². The van der Waals surface area contributed by atoms with Gasteiger partial charge in [0.2, 0.25) is 10.0 Å². The van der Waals surface area contributed by atoms with E-state index in [-0.39, 0.29) is 5.75 Å². The van der Waals surface area contributed by atoms with E-state index in [9.17, 15) is 8.42 Å². The number of sulfonamides is 1. The third kappa shape index (κ3) is 5.34. The molecule has 0 aliphatic rings. The minimum atomic E-state index is -3.27. The Morgan fingerprint density at radius 1 is 1.39 bits per heavy atom. The van der Waals surface area contributed by atoms with Crippen molar-refractivity contribution in [1.82, 2.24) is 4.72 Å². The second-order valence-corrected chi connectivity index (χ2v) is 6.94. The maximum absolute atomic E-state index is 11.7. The Hall–Kier alpha value is -0.630. The molecule has 1 aromatic rings. The quantitative estimate of drug-likeness (QED) is 0.583. The van der Waals surface area contributed by atoms with E-state index in [0.29, 0.717) is 17.1 Å². The molecule has 0 atom stereocenters. The molecule has 0 saturated heterocycles. The summed E-state index contributed by atoms with van der Waals surface area (Å²) in [4.78, 5) is 0.308. The van der Waals surface area contributed by atoms with Crippen molar-refractivity contribution in [3.8, 4) is 0 Å². The Bertz CT molecular complexity index is 498. The van der Waals surface area contributed by atoms with Crippen molar-refractivity contribution >= 4 is 39.0 Å². The number of benzene rings is 1. The number of nitrogens with one attached hydrogen (secondary N) is 1. The lowest BCUT2D eigenvalue weighted by Gasteiger charge is -2.06. The Kier molecular flexibility index (Phi) is 6.07. The molecular formula is C11H16N2O2S3. The predicted molar refractivity (Wildman–Crippen MR) is 81.3 cm³/mol. The van der Waals surface area contributed by atoms with E-state index < -0.39 is 10.0 Å². The van der Waals surface area contributed by atoms with Crippen LogP contribution in [0.2, 0.25) is 0 Å². The summed E-state index contributed by atoms with van der Waals surface area (Å²) in [6.45, 7) is 0.453. The molecule has 18 heavy (non-hydrogen) atoms. The van der Waals surface area contributed by atoms with Crippen LogP contribution in [0.3, 0.4) is 0 Å². The average Bonchev–Trinajstić information content (AvgIpc) is 2.29. The molecule has 0 aromatic heterocycles. The molecule has 0 aliphatic carbocycles. The van der Waals surface area contributed by atoms with Crippen molar-refractivity contribution in [2.24, 2.45) is 5.73 Å². The molecule has 4 nitrogen and oxygen atoms in total. The van der Waals surface area contributed by atoms with Gasteiger partial charge in [-0.25, -0.2) is 13.1 Å². The van der Waals surface area contributed by atoms with Crippen molar-refractivity contribution in [2.45, 2.75) is 5.75 Å². The van der Waals surface area contributed by atoms with Crippen molar-refractivity contribution in [3.63, 3.8) is 0 Å². The van der Waals surface area contributed by atoms with Gasteiger partial charge in [-0.2, -0.15) is 11.8 Å². The van der Waals surface area contributed by atoms with E-state index in [1.807, 2.05) is 6.26 Å². The van der Waals surface area contributed by atoms with Gasteiger partial charge in [0.25, 0.3) is 0 Å². The van der Waals surface area contributed by atoms with Crippen molar-refractivity contribution in [1.29, 1.82) is 0 Å². The molecule has 0 saturated carbocycles. The maximum atomic E-state index is 11.7. The fourth-order valence-corrected chi connectivity index (χ4v) is 3.05. The summed E-state index contributed by atoms with van der Waals surface area (Å²) in [5, 5.41) is 0.